The minimum atomic E-state index is -0.495. The Kier molecular flexibility index (Phi) is 7.53. The smallest absolute Gasteiger partial charge is 0.308 e. The summed E-state index contributed by atoms with van der Waals surface area (Å²) in [7, 11) is 0. The second-order valence-electron chi connectivity index (χ2n) is 6.72. The molecule has 0 fully saturated rings. The molecular formula is C23H23N3O5. The van der Waals surface area contributed by atoms with Crippen LogP contribution in [-0.2, 0) is 27.5 Å². The van der Waals surface area contributed by atoms with Gasteiger partial charge in [0.25, 0.3) is 5.56 Å². The summed E-state index contributed by atoms with van der Waals surface area (Å²) in [4.78, 5) is 40.7. The Morgan fingerprint density at radius 1 is 0.968 bits per heavy atom. The van der Waals surface area contributed by atoms with Crippen LogP contribution in [0.5, 0.6) is 5.88 Å². The summed E-state index contributed by atoms with van der Waals surface area (Å²) in [5, 5.41) is 1.14. The Labute approximate surface area is 179 Å². The average molecular weight is 421 g/mol. The van der Waals surface area contributed by atoms with Gasteiger partial charge in [-0.1, -0.05) is 60.7 Å². The molecule has 0 radical (unpaired) electrons. The highest BCUT2D eigenvalue weighted by Crippen LogP contribution is 2.07. The van der Waals surface area contributed by atoms with Gasteiger partial charge in [0, 0.05) is 6.92 Å². The van der Waals surface area contributed by atoms with Crippen LogP contribution in [0.2, 0.25) is 0 Å². The van der Waals surface area contributed by atoms with Crippen molar-refractivity contribution in [2.24, 2.45) is 0 Å². The zero-order valence-corrected chi connectivity index (χ0v) is 17.1. The minimum absolute atomic E-state index is 0.0191. The van der Waals surface area contributed by atoms with E-state index in [1.165, 1.54) is 19.3 Å². The highest BCUT2D eigenvalue weighted by atomic mass is 16.5. The molecule has 1 heterocycles. The van der Waals surface area contributed by atoms with Crippen LogP contribution in [0.25, 0.3) is 0 Å². The maximum Gasteiger partial charge on any atom is 0.308 e. The molecule has 3 rings (SSSR count). The van der Waals surface area contributed by atoms with Crippen LogP contribution in [0.15, 0.2) is 77.9 Å². The lowest BCUT2D eigenvalue weighted by Gasteiger charge is -2.22. The highest BCUT2D eigenvalue weighted by molar-refractivity contribution is 5.84. The lowest BCUT2D eigenvalue weighted by Crippen LogP contribution is -2.46. The molecule has 0 saturated carbocycles. The van der Waals surface area contributed by atoms with Crippen LogP contribution in [0.3, 0.4) is 0 Å². The van der Waals surface area contributed by atoms with Crippen LogP contribution >= 0.6 is 0 Å². The van der Waals surface area contributed by atoms with E-state index in [2.05, 4.69) is 4.98 Å². The number of nitrogens with zero attached hydrogens (tertiary/aromatic N) is 3. The summed E-state index contributed by atoms with van der Waals surface area (Å²) in [6, 6.07) is 20.0. The molecule has 3 aromatic rings. The Balaban J connectivity index is 1.58. The fourth-order valence-electron chi connectivity index (χ4n) is 2.79. The zero-order valence-electron chi connectivity index (χ0n) is 17.1. The average Bonchev–Trinajstić information content (AvgIpc) is 2.78. The van der Waals surface area contributed by atoms with Gasteiger partial charge in [-0.05, 0) is 11.1 Å². The molecule has 0 aliphatic heterocycles. The van der Waals surface area contributed by atoms with Crippen molar-refractivity contribution < 1.29 is 19.1 Å². The number of hydrogen-bond donors (Lipinski definition) is 0. The predicted molar refractivity (Wildman–Crippen MR) is 114 cm³/mol. The number of benzene rings is 2. The Morgan fingerprint density at radius 2 is 1.58 bits per heavy atom. The molecule has 160 valence electrons. The van der Waals surface area contributed by atoms with E-state index in [1.54, 1.807) is 0 Å². The number of rotatable bonds is 9. The first-order valence-corrected chi connectivity index (χ1v) is 9.76. The second kappa shape index (κ2) is 10.7. The van der Waals surface area contributed by atoms with Gasteiger partial charge in [0.15, 0.2) is 0 Å². The summed E-state index contributed by atoms with van der Waals surface area (Å²) in [5.41, 5.74) is 1.31. The van der Waals surface area contributed by atoms with E-state index >= 15 is 0 Å². The van der Waals surface area contributed by atoms with Gasteiger partial charge in [0.1, 0.15) is 19.5 Å². The first-order chi connectivity index (χ1) is 15.0. The number of hydrogen-bond acceptors (Lipinski definition) is 6. The quantitative estimate of drug-likeness (QED) is 0.493. The molecule has 0 spiro atoms. The predicted octanol–water partition coefficient (Wildman–Crippen LogP) is 2.44. The van der Waals surface area contributed by atoms with E-state index in [4.69, 9.17) is 9.47 Å². The first-order valence-electron chi connectivity index (χ1n) is 9.76. The number of carbonyl (C=O) groups is 2. The van der Waals surface area contributed by atoms with Gasteiger partial charge in [-0.15, -0.1) is 0 Å². The van der Waals surface area contributed by atoms with Crippen LogP contribution in [0.4, 0.5) is 0 Å². The lowest BCUT2D eigenvalue weighted by molar-refractivity contribution is -0.144. The van der Waals surface area contributed by atoms with Crippen LogP contribution in [0.1, 0.15) is 24.5 Å². The summed E-state index contributed by atoms with van der Waals surface area (Å²) in [6.45, 7) is 1.70. The summed E-state index contributed by atoms with van der Waals surface area (Å²) in [5.74, 6) is -0.729. The van der Waals surface area contributed by atoms with E-state index in [9.17, 15) is 14.4 Å². The van der Waals surface area contributed by atoms with Gasteiger partial charge < -0.3 is 9.47 Å². The van der Waals surface area contributed by atoms with Crippen LogP contribution in [-0.4, -0.2) is 28.1 Å². The fourth-order valence-corrected chi connectivity index (χ4v) is 2.79. The Bertz CT molecular complexity index is 1070. The van der Waals surface area contributed by atoms with Crippen molar-refractivity contribution in [3.8, 4) is 5.88 Å². The van der Waals surface area contributed by atoms with E-state index in [1.807, 2.05) is 60.7 Å². The zero-order chi connectivity index (χ0) is 22.1. The molecule has 0 atom stereocenters. The molecular weight excluding hydrogens is 398 g/mol. The molecule has 8 nitrogen and oxygen atoms in total. The SMILES string of the molecule is CC(=O)N(CCC(=O)OCc1ccccc1)n1cnc(OCc2ccccc2)cc1=O. The fraction of sp³-hybridized carbons (Fsp3) is 0.217. The van der Waals surface area contributed by atoms with Gasteiger partial charge >= 0.3 is 5.97 Å². The number of carbonyl (C=O) groups excluding carboxylic acids is 2. The van der Waals surface area contributed by atoms with E-state index in [0.717, 1.165) is 20.8 Å². The monoisotopic (exact) mass is 421 g/mol. The molecule has 8 heteroatoms. The van der Waals surface area contributed by atoms with Gasteiger partial charge in [0.05, 0.1) is 19.0 Å². The third-order valence-corrected chi connectivity index (χ3v) is 4.39. The van der Waals surface area contributed by atoms with Crippen molar-refractivity contribution >= 4 is 11.9 Å². The van der Waals surface area contributed by atoms with Crippen molar-refractivity contribution in [1.29, 1.82) is 0 Å². The number of esters is 1. The second-order valence-corrected chi connectivity index (χ2v) is 6.72. The van der Waals surface area contributed by atoms with E-state index in [0.29, 0.717) is 0 Å². The molecule has 0 aliphatic carbocycles. The normalized spacial score (nSPS) is 10.4. The third kappa shape index (κ3) is 6.53. The van der Waals surface area contributed by atoms with Crippen molar-refractivity contribution in [1.82, 2.24) is 9.66 Å². The molecule has 1 aromatic heterocycles. The topological polar surface area (TPSA) is 90.7 Å². The molecule has 1 amide bonds. The minimum Gasteiger partial charge on any atom is -0.473 e. The molecule has 31 heavy (non-hydrogen) atoms. The van der Waals surface area contributed by atoms with Crippen molar-refractivity contribution in [3.05, 3.63) is 94.5 Å². The maximum atomic E-state index is 12.5. The number of aromatic nitrogens is 2. The Morgan fingerprint density at radius 3 is 2.16 bits per heavy atom. The summed E-state index contributed by atoms with van der Waals surface area (Å²) in [6.07, 6.45) is 1.14. The molecule has 2 aromatic carbocycles. The first kappa shape index (κ1) is 21.8. The summed E-state index contributed by atoms with van der Waals surface area (Å²) < 4.78 is 11.8. The maximum absolute atomic E-state index is 12.5. The molecule has 0 bridgehead atoms. The van der Waals surface area contributed by atoms with E-state index in [-0.39, 0.29) is 32.1 Å². The van der Waals surface area contributed by atoms with Crippen molar-refractivity contribution in [2.45, 2.75) is 26.6 Å². The molecule has 0 saturated heterocycles. The van der Waals surface area contributed by atoms with Crippen LogP contribution < -0.4 is 15.3 Å². The largest absolute Gasteiger partial charge is 0.473 e. The molecule has 0 aliphatic rings. The van der Waals surface area contributed by atoms with Gasteiger partial charge in [-0.2, -0.15) is 0 Å². The number of ether oxygens (including phenoxy) is 2. The third-order valence-electron chi connectivity index (χ3n) is 4.39. The lowest BCUT2D eigenvalue weighted by atomic mass is 10.2. The number of amides is 1. The highest BCUT2D eigenvalue weighted by Gasteiger charge is 2.16. The van der Waals surface area contributed by atoms with E-state index < -0.39 is 17.4 Å². The van der Waals surface area contributed by atoms with Gasteiger partial charge in [-0.25, -0.2) is 14.7 Å². The van der Waals surface area contributed by atoms with Gasteiger partial charge in [0.2, 0.25) is 11.8 Å². The van der Waals surface area contributed by atoms with Crippen molar-refractivity contribution in [3.63, 3.8) is 0 Å². The van der Waals surface area contributed by atoms with Crippen molar-refractivity contribution in [2.75, 3.05) is 11.6 Å². The molecule has 0 N–H and O–H groups in total. The Hall–Kier alpha value is -3.94. The standard InChI is InChI=1S/C23H23N3O5/c1-18(27)25(13-12-23(29)31-16-20-10-6-3-7-11-20)26-17-24-21(14-22(26)28)30-15-19-8-4-2-5-9-19/h2-11,14,17H,12-13,15-16H2,1H3. The summed E-state index contributed by atoms with van der Waals surface area (Å²) >= 11 is 0. The molecule has 0 unspecified atom stereocenters. The van der Waals surface area contributed by atoms with Gasteiger partial charge in [-0.3, -0.25) is 14.4 Å². The van der Waals surface area contributed by atoms with Crippen LogP contribution in [0, 0.1) is 0 Å².